The predicted molar refractivity (Wildman–Crippen MR) is 133 cm³/mol. The second kappa shape index (κ2) is 15.1. The van der Waals surface area contributed by atoms with Gasteiger partial charge in [-0.25, -0.2) is 9.07 Å². The fourth-order valence-corrected chi connectivity index (χ4v) is 3.80. The summed E-state index contributed by atoms with van der Waals surface area (Å²) in [5.74, 6) is -1.37. The van der Waals surface area contributed by atoms with Crippen LogP contribution >= 0.6 is 11.8 Å². The summed E-state index contributed by atoms with van der Waals surface area (Å²) >= 11 is 1.05. The van der Waals surface area contributed by atoms with Gasteiger partial charge in [0.05, 0.1) is 35.8 Å². The molecule has 0 radical (unpaired) electrons. The van der Waals surface area contributed by atoms with Gasteiger partial charge in [-0.3, -0.25) is 14.6 Å². The van der Waals surface area contributed by atoms with Crippen molar-refractivity contribution in [3.8, 4) is 5.75 Å². The normalized spacial score (nSPS) is 12.6. The van der Waals surface area contributed by atoms with Crippen LogP contribution in [0.15, 0.2) is 47.1 Å². The molecule has 208 valence electrons. The van der Waals surface area contributed by atoms with E-state index in [0.717, 1.165) is 23.9 Å². The lowest BCUT2D eigenvalue weighted by atomic mass is 10.1. The highest BCUT2D eigenvalue weighted by atomic mass is 32.2. The highest BCUT2D eigenvalue weighted by Crippen LogP contribution is 2.24. The van der Waals surface area contributed by atoms with Gasteiger partial charge in [0.25, 0.3) is 5.91 Å². The van der Waals surface area contributed by atoms with E-state index in [4.69, 9.17) is 4.74 Å². The van der Waals surface area contributed by atoms with Crippen molar-refractivity contribution in [1.82, 2.24) is 25.6 Å². The lowest BCUT2D eigenvalue weighted by molar-refractivity contribution is -0.274. The zero-order valence-corrected chi connectivity index (χ0v) is 21.6. The van der Waals surface area contributed by atoms with E-state index in [1.54, 1.807) is 0 Å². The molecule has 0 aliphatic heterocycles. The average Bonchev–Trinajstić information content (AvgIpc) is 3.29. The minimum absolute atomic E-state index is 0.0614. The van der Waals surface area contributed by atoms with Crippen LogP contribution in [0.25, 0.3) is 0 Å². The number of methoxy groups -OCH3 is 1. The van der Waals surface area contributed by atoms with Crippen LogP contribution in [-0.4, -0.2) is 71.7 Å². The largest absolute Gasteiger partial charge is 0.573 e. The molecule has 1 unspecified atom stereocenters. The van der Waals surface area contributed by atoms with E-state index in [1.165, 1.54) is 37.2 Å². The maximum atomic E-state index is 14.5. The van der Waals surface area contributed by atoms with Gasteiger partial charge >= 0.3 is 6.36 Å². The summed E-state index contributed by atoms with van der Waals surface area (Å²) in [5.41, 5.74) is 0.377. The van der Waals surface area contributed by atoms with Crippen molar-refractivity contribution in [1.29, 1.82) is 0 Å². The summed E-state index contributed by atoms with van der Waals surface area (Å²) in [7, 11) is 3.02. The number of aromatic nitrogens is 3. The topological polar surface area (TPSA) is 120 Å². The Kier molecular flexibility index (Phi) is 12.2. The van der Waals surface area contributed by atoms with Gasteiger partial charge in [0, 0.05) is 20.7 Å². The van der Waals surface area contributed by atoms with Crippen molar-refractivity contribution in [2.45, 2.75) is 38.3 Å². The standard InChI is InChI=1S/C23H28F4N6O4S/c1-15(30-20(34)12-16-5-4-6-18(11-16)37-23(25,26)27)38-21(28-2)8-7-17(24)13-33-14-19(31-32-33)22(35)29-9-10-36-3/h4-6,11,14,17H,1,7-10,12-13H2,2-3H3,(H,29,35)(H,30,34). The molecule has 0 aliphatic carbocycles. The first kappa shape index (κ1) is 30.8. The first-order valence-corrected chi connectivity index (χ1v) is 12.1. The number of carbonyl (C=O) groups excluding carboxylic acids is 2. The van der Waals surface area contributed by atoms with Gasteiger partial charge < -0.3 is 20.1 Å². The van der Waals surface area contributed by atoms with Crippen LogP contribution in [0.2, 0.25) is 0 Å². The quantitative estimate of drug-likeness (QED) is 0.158. The lowest BCUT2D eigenvalue weighted by Gasteiger charge is -2.12. The van der Waals surface area contributed by atoms with E-state index in [2.05, 4.69) is 37.3 Å². The van der Waals surface area contributed by atoms with Crippen molar-refractivity contribution < 1.29 is 36.6 Å². The number of amides is 2. The predicted octanol–water partition coefficient (Wildman–Crippen LogP) is 3.26. The molecule has 0 aliphatic rings. The molecule has 0 saturated carbocycles. The third kappa shape index (κ3) is 11.7. The minimum Gasteiger partial charge on any atom is -0.406 e. The van der Waals surface area contributed by atoms with Crippen molar-refractivity contribution in [2.24, 2.45) is 4.99 Å². The molecule has 1 aromatic carbocycles. The van der Waals surface area contributed by atoms with Gasteiger partial charge in [-0.1, -0.05) is 35.7 Å². The summed E-state index contributed by atoms with van der Waals surface area (Å²) in [6.45, 7) is 4.28. The second-order valence-corrected chi connectivity index (χ2v) is 8.94. The van der Waals surface area contributed by atoms with Crippen molar-refractivity contribution in [3.05, 3.63) is 53.3 Å². The highest BCUT2D eigenvalue weighted by molar-refractivity contribution is 8.17. The van der Waals surface area contributed by atoms with Crippen LogP contribution in [0.1, 0.15) is 28.9 Å². The molecule has 38 heavy (non-hydrogen) atoms. The number of thioether (sulfide) groups is 1. The number of ether oxygens (including phenoxy) is 2. The fraction of sp³-hybridized carbons (Fsp3) is 0.435. The fourth-order valence-electron chi connectivity index (χ4n) is 3.04. The molecule has 15 heteroatoms. The third-order valence-corrected chi connectivity index (χ3v) is 5.66. The first-order valence-electron chi connectivity index (χ1n) is 11.3. The number of alkyl halides is 4. The highest BCUT2D eigenvalue weighted by Gasteiger charge is 2.31. The second-order valence-electron chi connectivity index (χ2n) is 7.77. The molecule has 1 heterocycles. The smallest absolute Gasteiger partial charge is 0.406 e. The van der Waals surface area contributed by atoms with E-state index in [0.29, 0.717) is 23.8 Å². The summed E-state index contributed by atoms with van der Waals surface area (Å²) in [6.07, 6.45) is -4.67. The number of halogens is 4. The maximum absolute atomic E-state index is 14.5. The summed E-state index contributed by atoms with van der Waals surface area (Å²) in [6, 6.07) is 5.09. The zero-order valence-electron chi connectivity index (χ0n) is 20.8. The van der Waals surface area contributed by atoms with Crippen LogP contribution in [-0.2, 0) is 22.5 Å². The van der Waals surface area contributed by atoms with E-state index < -0.39 is 30.1 Å². The molecular weight excluding hydrogens is 532 g/mol. The number of rotatable bonds is 14. The van der Waals surface area contributed by atoms with Gasteiger partial charge in [-0.2, -0.15) is 0 Å². The number of hydrogen-bond donors (Lipinski definition) is 2. The Morgan fingerprint density at radius 2 is 2.08 bits per heavy atom. The maximum Gasteiger partial charge on any atom is 0.573 e. The molecule has 1 aromatic heterocycles. The SMILES string of the molecule is C=C(NC(=O)Cc1cccc(OC(F)(F)F)c1)SC(CCC(F)Cn1cc(C(=O)NCCOC)nn1)=NC. The Morgan fingerprint density at radius 1 is 1.32 bits per heavy atom. The zero-order chi connectivity index (χ0) is 28.1. The lowest BCUT2D eigenvalue weighted by Crippen LogP contribution is -2.27. The van der Waals surface area contributed by atoms with Crippen LogP contribution in [0, 0.1) is 0 Å². The molecule has 10 nitrogen and oxygen atoms in total. The number of aliphatic imine (C=N–C) groups is 1. The number of nitrogens with one attached hydrogen (secondary N) is 2. The van der Waals surface area contributed by atoms with Crippen molar-refractivity contribution in [2.75, 3.05) is 27.3 Å². The molecular formula is C23H28F4N6O4S. The summed E-state index contributed by atoms with van der Waals surface area (Å²) in [4.78, 5) is 28.3. The van der Waals surface area contributed by atoms with Crippen LogP contribution in [0.4, 0.5) is 17.6 Å². The average molecular weight is 561 g/mol. The van der Waals surface area contributed by atoms with Gasteiger partial charge in [0.15, 0.2) is 5.69 Å². The summed E-state index contributed by atoms with van der Waals surface area (Å²) < 4.78 is 61.6. The molecule has 2 amide bonds. The van der Waals surface area contributed by atoms with Gasteiger partial charge in [-0.05, 0) is 30.5 Å². The van der Waals surface area contributed by atoms with Crippen molar-refractivity contribution in [3.63, 3.8) is 0 Å². The summed E-state index contributed by atoms with van der Waals surface area (Å²) in [5, 5.41) is 13.4. The van der Waals surface area contributed by atoms with Crippen molar-refractivity contribution >= 4 is 28.6 Å². The first-order chi connectivity index (χ1) is 18.0. The molecule has 0 saturated heterocycles. The number of carbonyl (C=O) groups is 2. The molecule has 2 rings (SSSR count). The molecule has 0 fully saturated rings. The van der Waals surface area contributed by atoms with E-state index >= 15 is 0 Å². The monoisotopic (exact) mass is 560 g/mol. The van der Waals surface area contributed by atoms with Crippen LogP contribution in [0.3, 0.4) is 0 Å². The Bertz CT molecular complexity index is 1130. The number of hydrogen-bond acceptors (Lipinski definition) is 8. The van der Waals surface area contributed by atoms with Crippen LogP contribution < -0.4 is 15.4 Å². The Morgan fingerprint density at radius 3 is 2.76 bits per heavy atom. The minimum atomic E-state index is -4.83. The molecule has 0 spiro atoms. The third-order valence-electron chi connectivity index (χ3n) is 4.69. The number of benzene rings is 1. The van der Waals surface area contributed by atoms with E-state index in [1.807, 2.05) is 0 Å². The van der Waals surface area contributed by atoms with Gasteiger partial charge in [-0.15, -0.1) is 18.3 Å². The molecule has 2 N–H and O–H groups in total. The van der Waals surface area contributed by atoms with Gasteiger partial charge in [0.1, 0.15) is 11.9 Å². The Hall–Kier alpha value is -3.46. The molecule has 0 bridgehead atoms. The number of nitrogens with zero attached hydrogens (tertiary/aromatic N) is 4. The van der Waals surface area contributed by atoms with E-state index in [9.17, 15) is 27.2 Å². The Balaban J connectivity index is 1.77. The Labute approximate surface area is 220 Å². The molecule has 2 aromatic rings. The van der Waals surface area contributed by atoms with Crippen LogP contribution in [0.5, 0.6) is 5.75 Å². The van der Waals surface area contributed by atoms with Gasteiger partial charge in [0.2, 0.25) is 5.91 Å². The molecule has 1 atom stereocenters. The van der Waals surface area contributed by atoms with E-state index in [-0.39, 0.29) is 36.5 Å².